The van der Waals surface area contributed by atoms with Crippen LogP contribution in [-0.4, -0.2) is 43.1 Å². The number of carbonyl (C=O) groups excluding carboxylic acids is 1. The Morgan fingerprint density at radius 2 is 1.65 bits per heavy atom. The number of carbonyl (C=O) groups is 1. The summed E-state index contributed by atoms with van der Waals surface area (Å²) in [4.78, 5) is 17.8. The predicted octanol–water partition coefficient (Wildman–Crippen LogP) is 6.95. The molecule has 1 amide bonds. The summed E-state index contributed by atoms with van der Waals surface area (Å²) in [5, 5.41) is 3.10. The number of amides is 1. The molecule has 1 N–H and O–H groups in total. The van der Waals surface area contributed by atoms with Crippen LogP contribution in [0.25, 0.3) is 0 Å². The van der Waals surface area contributed by atoms with Crippen molar-refractivity contribution in [2.75, 3.05) is 36.4 Å². The van der Waals surface area contributed by atoms with Crippen molar-refractivity contribution < 1.29 is 9.53 Å². The zero-order valence-electron chi connectivity index (χ0n) is 22.7. The molecule has 0 aliphatic carbocycles. The average molecular weight is 500 g/mol. The number of piperidine rings is 1. The lowest BCUT2D eigenvalue weighted by Gasteiger charge is -2.32. The lowest BCUT2D eigenvalue weighted by atomic mass is 9.89. The molecule has 5 nitrogen and oxygen atoms in total. The van der Waals surface area contributed by atoms with Crippen molar-refractivity contribution in [1.82, 2.24) is 4.90 Å². The van der Waals surface area contributed by atoms with Gasteiger partial charge in [0, 0.05) is 30.9 Å². The summed E-state index contributed by atoms with van der Waals surface area (Å²) in [5.41, 5.74) is 5.32. The second-order valence-corrected chi connectivity index (χ2v) is 10.1. The van der Waals surface area contributed by atoms with E-state index in [9.17, 15) is 4.79 Å². The summed E-state index contributed by atoms with van der Waals surface area (Å²) in [6.45, 7) is 13.6. The third-order valence-electron chi connectivity index (χ3n) is 7.18. The van der Waals surface area contributed by atoms with Crippen LogP contribution in [0.2, 0.25) is 0 Å². The molecule has 3 aromatic carbocycles. The molecule has 37 heavy (non-hydrogen) atoms. The smallest absolute Gasteiger partial charge is 0.255 e. The van der Waals surface area contributed by atoms with E-state index in [2.05, 4.69) is 65.4 Å². The highest BCUT2D eigenvalue weighted by atomic mass is 16.5. The van der Waals surface area contributed by atoms with Crippen LogP contribution in [0.15, 0.2) is 72.8 Å². The van der Waals surface area contributed by atoms with E-state index in [1.165, 1.54) is 16.8 Å². The molecule has 4 rings (SSSR count). The molecule has 1 fully saturated rings. The standard InChI is InChI=1S/C32H41N3O2/c1-5-35(6-2)29-15-12-25(13-16-29)23-34-20-18-26(19-21-34)28-14-17-31(37-24(3)4)30(22-28)33-32(36)27-10-8-7-9-11-27/h7-17,22,24,26H,5-6,18-21,23H2,1-4H3,(H,33,36). The molecule has 0 spiro atoms. The van der Waals surface area contributed by atoms with E-state index in [0.29, 0.717) is 17.2 Å². The largest absolute Gasteiger partial charge is 0.489 e. The normalized spacial score (nSPS) is 14.5. The Labute approximate surface area is 222 Å². The maximum absolute atomic E-state index is 12.9. The zero-order chi connectivity index (χ0) is 26.2. The monoisotopic (exact) mass is 499 g/mol. The van der Waals surface area contributed by atoms with Crippen molar-refractivity contribution in [3.63, 3.8) is 0 Å². The first kappa shape index (κ1) is 26.7. The molecule has 196 valence electrons. The van der Waals surface area contributed by atoms with Crippen LogP contribution in [-0.2, 0) is 6.54 Å². The Balaban J connectivity index is 1.40. The summed E-state index contributed by atoms with van der Waals surface area (Å²) in [7, 11) is 0. The second kappa shape index (κ2) is 12.8. The number of likely N-dealkylation sites (tertiary alicyclic amines) is 1. The van der Waals surface area contributed by atoms with Gasteiger partial charge in [0.2, 0.25) is 0 Å². The van der Waals surface area contributed by atoms with Crippen LogP contribution in [0.1, 0.15) is 67.9 Å². The van der Waals surface area contributed by atoms with E-state index in [0.717, 1.165) is 51.3 Å². The lowest BCUT2D eigenvalue weighted by molar-refractivity contribution is 0.102. The summed E-state index contributed by atoms with van der Waals surface area (Å²) in [6, 6.07) is 24.7. The fourth-order valence-corrected chi connectivity index (χ4v) is 5.12. The molecule has 0 atom stereocenters. The highest BCUT2D eigenvalue weighted by Crippen LogP contribution is 2.35. The van der Waals surface area contributed by atoms with Crippen LogP contribution in [0, 0.1) is 0 Å². The van der Waals surface area contributed by atoms with Gasteiger partial charge in [-0.1, -0.05) is 36.4 Å². The summed E-state index contributed by atoms with van der Waals surface area (Å²) >= 11 is 0. The number of rotatable bonds is 10. The van der Waals surface area contributed by atoms with Gasteiger partial charge in [0.25, 0.3) is 5.91 Å². The first-order valence-electron chi connectivity index (χ1n) is 13.7. The van der Waals surface area contributed by atoms with E-state index in [-0.39, 0.29) is 12.0 Å². The maximum atomic E-state index is 12.9. The van der Waals surface area contributed by atoms with Crippen LogP contribution < -0.4 is 15.0 Å². The number of nitrogens with one attached hydrogen (secondary N) is 1. The molecule has 3 aromatic rings. The van der Waals surface area contributed by atoms with Crippen molar-refractivity contribution in [1.29, 1.82) is 0 Å². The van der Waals surface area contributed by atoms with E-state index < -0.39 is 0 Å². The summed E-state index contributed by atoms with van der Waals surface area (Å²) < 4.78 is 6.02. The third-order valence-corrected chi connectivity index (χ3v) is 7.18. The number of nitrogens with zero attached hydrogens (tertiary/aromatic N) is 2. The minimum absolute atomic E-state index is 0.0301. The Morgan fingerprint density at radius 1 is 0.973 bits per heavy atom. The quantitative estimate of drug-likeness (QED) is 0.328. The van der Waals surface area contributed by atoms with Gasteiger partial charge in [-0.05, 0) is 107 Å². The van der Waals surface area contributed by atoms with E-state index in [1.807, 2.05) is 50.2 Å². The van der Waals surface area contributed by atoms with Gasteiger partial charge in [0.1, 0.15) is 5.75 Å². The third kappa shape index (κ3) is 7.14. The van der Waals surface area contributed by atoms with Gasteiger partial charge in [-0.2, -0.15) is 0 Å². The van der Waals surface area contributed by atoms with Gasteiger partial charge in [0.15, 0.2) is 0 Å². The highest BCUT2D eigenvalue weighted by Gasteiger charge is 2.22. The molecule has 1 heterocycles. The fraction of sp³-hybridized carbons (Fsp3) is 0.406. The number of hydrogen-bond donors (Lipinski definition) is 1. The fourth-order valence-electron chi connectivity index (χ4n) is 5.12. The Bertz CT molecular complexity index is 1130. The van der Waals surface area contributed by atoms with Gasteiger partial charge in [-0.3, -0.25) is 9.69 Å². The Morgan fingerprint density at radius 3 is 2.27 bits per heavy atom. The molecule has 5 heteroatoms. The van der Waals surface area contributed by atoms with Gasteiger partial charge in [-0.25, -0.2) is 0 Å². The van der Waals surface area contributed by atoms with E-state index in [4.69, 9.17) is 4.74 Å². The Kier molecular flexibility index (Phi) is 9.24. The number of hydrogen-bond acceptors (Lipinski definition) is 4. The van der Waals surface area contributed by atoms with Crippen LogP contribution in [0.3, 0.4) is 0 Å². The molecule has 1 aliphatic heterocycles. The molecule has 0 aromatic heterocycles. The number of benzene rings is 3. The summed E-state index contributed by atoms with van der Waals surface area (Å²) in [6.07, 6.45) is 2.24. The van der Waals surface area contributed by atoms with Gasteiger partial charge >= 0.3 is 0 Å². The molecule has 1 saturated heterocycles. The number of ether oxygens (including phenoxy) is 1. The van der Waals surface area contributed by atoms with Crippen LogP contribution in [0.4, 0.5) is 11.4 Å². The average Bonchev–Trinajstić information content (AvgIpc) is 2.92. The molecule has 0 saturated carbocycles. The molecule has 0 bridgehead atoms. The van der Waals surface area contributed by atoms with Gasteiger partial charge < -0.3 is 15.0 Å². The number of anilines is 2. The molecule has 0 unspecified atom stereocenters. The molecular formula is C32H41N3O2. The first-order chi connectivity index (χ1) is 18.0. The van der Waals surface area contributed by atoms with Crippen molar-refractivity contribution in [2.45, 2.75) is 59.1 Å². The van der Waals surface area contributed by atoms with Crippen molar-refractivity contribution in [2.24, 2.45) is 0 Å². The highest BCUT2D eigenvalue weighted by molar-refractivity contribution is 6.05. The molecule has 1 aliphatic rings. The van der Waals surface area contributed by atoms with Crippen molar-refractivity contribution in [3.05, 3.63) is 89.5 Å². The van der Waals surface area contributed by atoms with Gasteiger partial charge in [0.05, 0.1) is 11.8 Å². The first-order valence-corrected chi connectivity index (χ1v) is 13.7. The van der Waals surface area contributed by atoms with Crippen molar-refractivity contribution in [3.8, 4) is 5.75 Å². The molecular weight excluding hydrogens is 458 g/mol. The lowest BCUT2D eigenvalue weighted by Crippen LogP contribution is -2.32. The van der Waals surface area contributed by atoms with Crippen molar-refractivity contribution >= 4 is 17.3 Å². The second-order valence-electron chi connectivity index (χ2n) is 10.1. The zero-order valence-corrected chi connectivity index (χ0v) is 22.7. The van der Waals surface area contributed by atoms with Crippen LogP contribution in [0.5, 0.6) is 5.75 Å². The topological polar surface area (TPSA) is 44.8 Å². The van der Waals surface area contributed by atoms with Gasteiger partial charge in [-0.15, -0.1) is 0 Å². The minimum Gasteiger partial charge on any atom is -0.489 e. The van der Waals surface area contributed by atoms with E-state index >= 15 is 0 Å². The maximum Gasteiger partial charge on any atom is 0.255 e. The minimum atomic E-state index is -0.117. The SMILES string of the molecule is CCN(CC)c1ccc(CN2CCC(c3ccc(OC(C)C)c(NC(=O)c4ccccc4)c3)CC2)cc1. The van der Waals surface area contributed by atoms with Crippen LogP contribution >= 0.6 is 0 Å². The summed E-state index contributed by atoms with van der Waals surface area (Å²) in [5.74, 6) is 1.07. The van der Waals surface area contributed by atoms with E-state index in [1.54, 1.807) is 0 Å². The Hall–Kier alpha value is -3.31. The predicted molar refractivity (Wildman–Crippen MR) is 154 cm³/mol. The molecule has 0 radical (unpaired) electrons.